The molecule has 1 aliphatic heterocycles. The first kappa shape index (κ1) is 11.4. The van der Waals surface area contributed by atoms with Crippen molar-refractivity contribution in [3.05, 3.63) is 20.0 Å². The lowest BCUT2D eigenvalue weighted by Crippen LogP contribution is -2.26. The first-order valence-corrected chi connectivity index (χ1v) is 5.24. The summed E-state index contributed by atoms with van der Waals surface area (Å²) < 4.78 is 0. The Hall–Kier alpha value is 1.28. The van der Waals surface area contributed by atoms with Crippen LogP contribution in [0, 0.1) is 0 Å². The molecule has 0 aliphatic carbocycles. The predicted octanol–water partition coefficient (Wildman–Crippen LogP) is 4.29. The zero-order valence-electron chi connectivity index (χ0n) is 5.42. The van der Waals surface area contributed by atoms with Crippen LogP contribution in [-0.4, -0.2) is 11.4 Å². The molecule has 0 fully saturated rings. The molecule has 0 aromatic heterocycles. The minimum absolute atomic E-state index is 0.167. The van der Waals surface area contributed by atoms with Crippen molar-refractivity contribution in [2.75, 3.05) is 0 Å². The van der Waals surface area contributed by atoms with Crippen LogP contribution in [0.3, 0.4) is 0 Å². The lowest BCUT2D eigenvalue weighted by Gasteiger charge is -2.19. The molecule has 7 heteroatoms. The van der Waals surface area contributed by atoms with Gasteiger partial charge in [0.25, 0.3) is 0 Å². The quantitative estimate of drug-likeness (QED) is 0.460. The summed E-state index contributed by atoms with van der Waals surface area (Å²) in [5, 5.41) is -0.0518. The average molecular weight is 285 g/mol. The van der Waals surface area contributed by atoms with Crippen LogP contribution in [0.4, 0.5) is 0 Å². The van der Waals surface area contributed by atoms with Gasteiger partial charge in [-0.3, -0.25) is 0 Å². The summed E-state index contributed by atoms with van der Waals surface area (Å²) in [6.07, 6.45) is -0.615. The van der Waals surface area contributed by atoms with E-state index in [-0.39, 0.29) is 20.0 Å². The smallest absolute Gasteiger partial charge is 0.185 e. The first-order chi connectivity index (χ1) is 5.46. The van der Waals surface area contributed by atoms with E-state index < -0.39 is 11.4 Å². The molecule has 0 bridgehead atoms. The monoisotopic (exact) mass is 282 g/mol. The van der Waals surface area contributed by atoms with Gasteiger partial charge in [-0.05, 0) is 0 Å². The third kappa shape index (κ3) is 1.87. The molecule has 66 valence electrons. The van der Waals surface area contributed by atoms with Gasteiger partial charge in [-0.1, -0.05) is 46.4 Å². The van der Waals surface area contributed by atoms with Crippen LogP contribution in [-0.2, 0) is 0 Å². The highest BCUT2D eigenvalue weighted by atomic mass is 35.5. The zero-order chi connectivity index (χ0) is 9.46. The van der Waals surface area contributed by atoms with Crippen LogP contribution in [0.2, 0.25) is 0 Å². The van der Waals surface area contributed by atoms with E-state index in [2.05, 4.69) is 0 Å². The fourth-order valence-corrected chi connectivity index (χ4v) is 2.40. The highest BCUT2D eigenvalue weighted by Crippen LogP contribution is 2.41. The maximum absolute atomic E-state index is 5.79. The maximum atomic E-state index is 5.79. The Bertz CT molecular complexity index is 241. The van der Waals surface area contributed by atoms with Crippen LogP contribution >= 0.6 is 69.5 Å². The first-order valence-electron chi connectivity index (χ1n) is 2.85. The minimum atomic E-state index is -0.615. The number of allylic oxidation sites excluding steroid dienone is 3. The lowest BCUT2D eigenvalue weighted by atomic mass is 9.69. The van der Waals surface area contributed by atoms with E-state index >= 15 is 0 Å². The maximum Gasteiger partial charge on any atom is 0.320 e. The third-order valence-corrected chi connectivity index (χ3v) is 4.57. The number of rotatable bonds is 0. The molecule has 1 rings (SSSR count). The molecule has 0 saturated carbocycles. The van der Waals surface area contributed by atoms with E-state index in [0.29, 0.717) is 0 Å². The summed E-state index contributed by atoms with van der Waals surface area (Å²) in [5.41, 5.74) is 0. The molecule has 0 N–H and O–H groups in total. The van der Waals surface area contributed by atoms with Crippen molar-refractivity contribution in [2.24, 2.45) is 0 Å². The van der Waals surface area contributed by atoms with Gasteiger partial charge >= 0.3 is 6.13 Å². The van der Waals surface area contributed by atoms with Crippen molar-refractivity contribution >= 4 is 75.6 Å². The topological polar surface area (TPSA) is 0 Å². The Balaban J connectivity index is 3.18. The second-order valence-corrected chi connectivity index (χ2v) is 4.64. The van der Waals surface area contributed by atoms with Crippen molar-refractivity contribution in [3.63, 3.8) is 0 Å². The minimum Gasteiger partial charge on any atom is -0.185 e. The zero-order valence-corrected chi connectivity index (χ0v) is 9.96. The molecular weight excluding hydrogens is 284 g/mol. The summed E-state index contributed by atoms with van der Waals surface area (Å²) in [4.78, 5) is 0.229. The van der Waals surface area contributed by atoms with Crippen LogP contribution < -0.4 is 0 Å². The predicted molar refractivity (Wildman–Crippen MR) is 58.7 cm³/mol. The fourth-order valence-electron chi connectivity index (χ4n) is 0.709. The summed E-state index contributed by atoms with van der Waals surface area (Å²) in [5.74, 6) is 0. The van der Waals surface area contributed by atoms with Gasteiger partial charge in [0, 0.05) is 4.93 Å². The number of hydrogen-bond donors (Lipinski definition) is 0. The molecule has 12 heavy (non-hydrogen) atoms. The third-order valence-electron chi connectivity index (χ3n) is 1.35. The number of alkyl halides is 1. The van der Waals surface area contributed by atoms with Crippen molar-refractivity contribution < 1.29 is 0 Å². The average Bonchev–Trinajstić information content (AvgIpc) is 2.08. The second kappa shape index (κ2) is 4.21. The van der Waals surface area contributed by atoms with Crippen molar-refractivity contribution in [1.82, 2.24) is 0 Å². The van der Waals surface area contributed by atoms with E-state index in [1.807, 2.05) is 0 Å². The Labute approximate surface area is 100 Å². The Morgan fingerprint density at radius 2 is 1.50 bits per heavy atom. The van der Waals surface area contributed by atoms with Gasteiger partial charge in [-0.15, -0.1) is 11.6 Å². The largest absolute Gasteiger partial charge is 0.320 e. The summed E-state index contributed by atoms with van der Waals surface area (Å²) in [6.45, 7) is 0. The molecule has 0 radical (unpaired) electrons. The fraction of sp³-hybridized carbons (Fsp3) is 0.200. The lowest BCUT2D eigenvalue weighted by molar-refractivity contribution is 1.45. The molecule has 0 amide bonds. The van der Waals surface area contributed by atoms with Crippen molar-refractivity contribution in [1.29, 1.82) is 0 Å². The van der Waals surface area contributed by atoms with Crippen LogP contribution in [0.5, 0.6) is 0 Å². The normalized spacial score (nSPS) is 25.5. The molecular formula is C5HBCl6. The molecule has 1 unspecified atom stereocenters. The van der Waals surface area contributed by atoms with Gasteiger partial charge < -0.3 is 0 Å². The van der Waals surface area contributed by atoms with E-state index in [0.717, 1.165) is 0 Å². The molecule has 1 aliphatic rings. The van der Waals surface area contributed by atoms with Gasteiger partial charge in [0.05, 0.1) is 20.4 Å². The Kier molecular flexibility index (Phi) is 3.98. The van der Waals surface area contributed by atoms with Crippen molar-refractivity contribution in [2.45, 2.75) is 5.28 Å². The standard InChI is InChI=1S/C5HBCl6/c7-1-2(8)4(10)6(12)5(11)3(1)9/h4H. The highest BCUT2D eigenvalue weighted by Gasteiger charge is 2.36. The second-order valence-electron chi connectivity index (χ2n) is 2.13. The van der Waals surface area contributed by atoms with E-state index in [1.165, 1.54) is 0 Å². The molecule has 0 nitrogen and oxygen atoms in total. The summed E-state index contributed by atoms with van der Waals surface area (Å²) in [6, 6.07) is 0. The SMILES string of the molecule is ClB1C(Cl)=C(Cl)C(Cl)=C(Cl)C1Cl. The number of hydrogen-bond acceptors (Lipinski definition) is 0. The molecule has 1 atom stereocenters. The van der Waals surface area contributed by atoms with E-state index in [4.69, 9.17) is 69.5 Å². The van der Waals surface area contributed by atoms with Crippen LogP contribution in [0.1, 0.15) is 0 Å². The van der Waals surface area contributed by atoms with Gasteiger partial charge in [0.2, 0.25) is 0 Å². The van der Waals surface area contributed by atoms with Gasteiger partial charge in [-0.25, -0.2) is 0 Å². The highest BCUT2D eigenvalue weighted by molar-refractivity contribution is 7.18. The summed E-state index contributed by atoms with van der Waals surface area (Å²) >= 11 is 34.4. The Morgan fingerprint density at radius 1 is 1.00 bits per heavy atom. The van der Waals surface area contributed by atoms with E-state index in [9.17, 15) is 0 Å². The molecule has 0 aromatic carbocycles. The van der Waals surface area contributed by atoms with Crippen LogP contribution in [0.25, 0.3) is 0 Å². The molecule has 0 saturated heterocycles. The number of halogens is 6. The van der Waals surface area contributed by atoms with Gasteiger partial charge in [0.1, 0.15) is 0 Å². The Morgan fingerprint density at radius 3 is 2.00 bits per heavy atom. The van der Waals surface area contributed by atoms with Gasteiger partial charge in [-0.2, -0.15) is 11.5 Å². The molecule has 0 spiro atoms. The molecule has 0 aromatic rings. The van der Waals surface area contributed by atoms with Crippen LogP contribution in [0.15, 0.2) is 20.0 Å². The van der Waals surface area contributed by atoms with Crippen molar-refractivity contribution in [3.8, 4) is 0 Å². The molecule has 1 heterocycles. The van der Waals surface area contributed by atoms with Gasteiger partial charge in [0.15, 0.2) is 0 Å². The summed E-state index contributed by atoms with van der Waals surface area (Å²) in [7, 11) is 0. The van der Waals surface area contributed by atoms with E-state index in [1.54, 1.807) is 0 Å².